The molecule has 0 spiro atoms. The smallest absolute Gasteiger partial charge is 0.219 e. The number of hydrogen-bond donors (Lipinski definition) is 2. The van der Waals surface area contributed by atoms with E-state index in [1.807, 2.05) is 0 Å². The van der Waals surface area contributed by atoms with Crippen molar-refractivity contribution in [1.29, 1.82) is 0 Å². The van der Waals surface area contributed by atoms with Crippen LogP contribution in [0.15, 0.2) is 42.6 Å². The maximum Gasteiger partial charge on any atom is 0.219 e. The fourth-order valence-corrected chi connectivity index (χ4v) is 1.35. The van der Waals surface area contributed by atoms with Crippen LogP contribution in [0.2, 0.25) is 0 Å². The zero-order chi connectivity index (χ0) is 12.1. The van der Waals surface area contributed by atoms with E-state index in [4.69, 9.17) is 14.9 Å². The first-order chi connectivity index (χ1) is 8.31. The molecule has 0 unspecified atom stereocenters. The highest BCUT2D eigenvalue weighted by Crippen LogP contribution is 2.19. The monoisotopic (exact) mass is 231 g/mol. The van der Waals surface area contributed by atoms with Crippen molar-refractivity contribution >= 4 is 0 Å². The lowest BCUT2D eigenvalue weighted by Crippen LogP contribution is -1.90. The molecule has 0 bridgehead atoms. The van der Waals surface area contributed by atoms with E-state index in [9.17, 15) is 0 Å². The summed E-state index contributed by atoms with van der Waals surface area (Å²) in [5.41, 5.74) is 1.58. The minimum absolute atomic E-state index is 0.0176. The third-order valence-electron chi connectivity index (χ3n) is 2.31. The first-order valence-electron chi connectivity index (χ1n) is 5.25. The van der Waals surface area contributed by atoms with Crippen molar-refractivity contribution in [3.63, 3.8) is 0 Å². The molecule has 2 aromatic rings. The van der Waals surface area contributed by atoms with Gasteiger partial charge in [-0.05, 0) is 29.3 Å². The first-order valence-corrected chi connectivity index (χ1v) is 5.25. The molecule has 2 rings (SSSR count). The lowest BCUT2D eigenvalue weighted by molar-refractivity contribution is 0.281. The van der Waals surface area contributed by atoms with Gasteiger partial charge >= 0.3 is 0 Å². The summed E-state index contributed by atoms with van der Waals surface area (Å²) in [6.07, 6.45) is 1.57. The number of aromatic nitrogens is 1. The molecule has 88 valence electrons. The van der Waals surface area contributed by atoms with Gasteiger partial charge in [0.15, 0.2) is 0 Å². The van der Waals surface area contributed by atoms with E-state index < -0.39 is 0 Å². The summed E-state index contributed by atoms with van der Waals surface area (Å²) in [4.78, 5) is 4.06. The predicted molar refractivity (Wildman–Crippen MR) is 62.6 cm³/mol. The number of pyridine rings is 1. The van der Waals surface area contributed by atoms with Gasteiger partial charge < -0.3 is 14.9 Å². The highest BCUT2D eigenvalue weighted by molar-refractivity contribution is 5.30. The summed E-state index contributed by atoms with van der Waals surface area (Å²) in [5, 5.41) is 17.8. The van der Waals surface area contributed by atoms with E-state index in [-0.39, 0.29) is 13.2 Å². The molecular formula is C13H13NO3. The van der Waals surface area contributed by atoms with Crippen molar-refractivity contribution in [2.45, 2.75) is 13.2 Å². The van der Waals surface area contributed by atoms with Gasteiger partial charge in [0, 0.05) is 12.3 Å². The van der Waals surface area contributed by atoms with Gasteiger partial charge in [-0.2, -0.15) is 0 Å². The lowest BCUT2D eigenvalue weighted by Gasteiger charge is -2.05. The molecule has 1 heterocycles. The standard InChI is InChI=1S/C13H13NO3/c15-8-10-1-4-12(5-2-10)17-13-6-3-11(9-16)7-14-13/h1-7,15-16H,8-9H2. The van der Waals surface area contributed by atoms with Gasteiger partial charge in [0.25, 0.3) is 0 Å². The van der Waals surface area contributed by atoms with E-state index in [0.29, 0.717) is 11.6 Å². The first kappa shape index (κ1) is 11.6. The third-order valence-corrected chi connectivity index (χ3v) is 2.31. The topological polar surface area (TPSA) is 62.6 Å². The van der Waals surface area contributed by atoms with Gasteiger partial charge in [0.1, 0.15) is 5.75 Å². The second-order valence-electron chi connectivity index (χ2n) is 3.57. The Kier molecular flexibility index (Phi) is 3.69. The van der Waals surface area contributed by atoms with Crippen molar-refractivity contribution in [2.75, 3.05) is 0 Å². The van der Waals surface area contributed by atoms with Crippen molar-refractivity contribution in [3.8, 4) is 11.6 Å². The van der Waals surface area contributed by atoms with Crippen LogP contribution in [-0.4, -0.2) is 15.2 Å². The Morgan fingerprint density at radius 3 is 2.06 bits per heavy atom. The minimum atomic E-state index is -0.0293. The molecule has 4 heteroatoms. The Balaban J connectivity index is 2.08. The fourth-order valence-electron chi connectivity index (χ4n) is 1.35. The van der Waals surface area contributed by atoms with Gasteiger partial charge in [-0.15, -0.1) is 0 Å². The van der Waals surface area contributed by atoms with E-state index in [1.165, 1.54) is 0 Å². The zero-order valence-electron chi connectivity index (χ0n) is 9.21. The molecular weight excluding hydrogens is 218 g/mol. The van der Waals surface area contributed by atoms with Crippen molar-refractivity contribution < 1.29 is 14.9 Å². The van der Waals surface area contributed by atoms with Crippen LogP contribution in [0.4, 0.5) is 0 Å². The molecule has 1 aromatic carbocycles. The Labute approximate surface area is 99.1 Å². The lowest BCUT2D eigenvalue weighted by atomic mass is 10.2. The van der Waals surface area contributed by atoms with Gasteiger partial charge in [-0.25, -0.2) is 4.98 Å². The summed E-state index contributed by atoms with van der Waals surface area (Å²) in [6, 6.07) is 10.6. The fraction of sp³-hybridized carbons (Fsp3) is 0.154. The highest BCUT2D eigenvalue weighted by Gasteiger charge is 1.99. The number of benzene rings is 1. The zero-order valence-corrected chi connectivity index (χ0v) is 9.21. The quantitative estimate of drug-likeness (QED) is 0.843. The molecule has 0 atom stereocenters. The van der Waals surface area contributed by atoms with Crippen LogP contribution in [0.1, 0.15) is 11.1 Å². The van der Waals surface area contributed by atoms with Crippen molar-refractivity contribution in [2.24, 2.45) is 0 Å². The Hall–Kier alpha value is -1.91. The molecule has 0 aliphatic carbocycles. The molecule has 4 nitrogen and oxygen atoms in total. The molecule has 17 heavy (non-hydrogen) atoms. The minimum Gasteiger partial charge on any atom is -0.439 e. The molecule has 0 amide bonds. The van der Waals surface area contributed by atoms with Crippen molar-refractivity contribution in [1.82, 2.24) is 4.98 Å². The molecule has 0 aliphatic heterocycles. The van der Waals surface area contributed by atoms with Crippen LogP contribution in [0.3, 0.4) is 0 Å². The van der Waals surface area contributed by atoms with Crippen LogP contribution < -0.4 is 4.74 Å². The largest absolute Gasteiger partial charge is 0.439 e. The summed E-state index contributed by atoms with van der Waals surface area (Å²) < 4.78 is 5.50. The number of hydrogen-bond acceptors (Lipinski definition) is 4. The number of ether oxygens (including phenoxy) is 1. The van der Waals surface area contributed by atoms with E-state index in [1.54, 1.807) is 42.6 Å². The summed E-state index contributed by atoms with van der Waals surface area (Å²) in [7, 11) is 0. The number of aliphatic hydroxyl groups is 2. The number of nitrogens with zero attached hydrogens (tertiary/aromatic N) is 1. The highest BCUT2D eigenvalue weighted by atomic mass is 16.5. The molecule has 2 N–H and O–H groups in total. The summed E-state index contributed by atoms with van der Waals surface area (Å²) in [5.74, 6) is 1.13. The number of rotatable bonds is 4. The molecule has 0 radical (unpaired) electrons. The third kappa shape index (κ3) is 3.03. The second-order valence-corrected chi connectivity index (χ2v) is 3.57. The van der Waals surface area contributed by atoms with Gasteiger partial charge in [0.2, 0.25) is 5.88 Å². The van der Waals surface area contributed by atoms with Crippen LogP contribution in [0.25, 0.3) is 0 Å². The summed E-state index contributed by atoms with van der Waals surface area (Å²) in [6.45, 7) is -0.0117. The molecule has 1 aromatic heterocycles. The normalized spacial score (nSPS) is 10.2. The van der Waals surface area contributed by atoms with Gasteiger partial charge in [-0.1, -0.05) is 12.1 Å². The molecule has 0 aliphatic rings. The van der Waals surface area contributed by atoms with E-state index in [2.05, 4.69) is 4.98 Å². The molecule has 0 saturated heterocycles. The maximum absolute atomic E-state index is 8.90. The predicted octanol–water partition coefficient (Wildman–Crippen LogP) is 1.86. The molecule has 0 saturated carbocycles. The molecule has 0 fully saturated rings. The van der Waals surface area contributed by atoms with E-state index in [0.717, 1.165) is 11.1 Å². The van der Waals surface area contributed by atoms with Crippen LogP contribution >= 0.6 is 0 Å². The SMILES string of the molecule is OCc1ccc(Oc2ccc(CO)cn2)cc1. The van der Waals surface area contributed by atoms with Gasteiger partial charge in [0.05, 0.1) is 13.2 Å². The Bertz CT molecular complexity index is 420. The average Bonchev–Trinajstić information content (AvgIpc) is 2.40. The average molecular weight is 231 g/mol. The number of aliphatic hydroxyl groups excluding tert-OH is 2. The van der Waals surface area contributed by atoms with Crippen LogP contribution in [0.5, 0.6) is 11.6 Å². The Morgan fingerprint density at radius 1 is 0.882 bits per heavy atom. The Morgan fingerprint density at radius 2 is 1.53 bits per heavy atom. The van der Waals surface area contributed by atoms with Crippen LogP contribution in [0, 0.1) is 0 Å². The van der Waals surface area contributed by atoms with Gasteiger partial charge in [-0.3, -0.25) is 0 Å². The second kappa shape index (κ2) is 5.43. The van der Waals surface area contributed by atoms with Crippen molar-refractivity contribution in [3.05, 3.63) is 53.7 Å². The summed E-state index contributed by atoms with van der Waals surface area (Å²) >= 11 is 0. The van der Waals surface area contributed by atoms with E-state index >= 15 is 0 Å². The maximum atomic E-state index is 8.90. The van der Waals surface area contributed by atoms with Crippen LogP contribution in [-0.2, 0) is 13.2 Å².